The average molecular weight is 412 g/mol. The number of benzene rings is 3. The lowest BCUT2D eigenvalue weighted by molar-refractivity contribution is 0.0843. The number of amides is 2. The van der Waals surface area contributed by atoms with Crippen LogP contribution in [0.4, 0.5) is 0 Å². The molecule has 0 saturated heterocycles. The molecule has 0 unspecified atom stereocenters. The van der Waals surface area contributed by atoms with E-state index in [1.165, 1.54) is 4.68 Å². The van der Waals surface area contributed by atoms with E-state index in [0.717, 1.165) is 11.1 Å². The molecule has 0 atom stereocenters. The minimum Gasteiger partial charge on any atom is -0.267 e. The molecule has 7 heteroatoms. The summed E-state index contributed by atoms with van der Waals surface area (Å²) in [6.07, 6.45) is 0. The zero-order chi connectivity index (χ0) is 21.8. The summed E-state index contributed by atoms with van der Waals surface area (Å²) in [5.41, 5.74) is 7.03. The number of fused-ring (bicyclic) bond motifs is 1. The molecule has 1 aromatic heterocycles. The predicted octanol–water partition coefficient (Wildman–Crippen LogP) is 3.16. The Morgan fingerprint density at radius 2 is 1.35 bits per heavy atom. The smallest absolute Gasteiger partial charge is 0.267 e. The van der Waals surface area contributed by atoms with Crippen LogP contribution in [0.5, 0.6) is 0 Å². The molecule has 4 rings (SSSR count). The normalized spacial score (nSPS) is 10.6. The summed E-state index contributed by atoms with van der Waals surface area (Å²) in [6.45, 7) is 2.09. The fourth-order valence-electron chi connectivity index (χ4n) is 3.31. The summed E-state index contributed by atoms with van der Waals surface area (Å²) in [6, 6.07) is 23.6. The zero-order valence-electron chi connectivity index (χ0n) is 16.8. The van der Waals surface area contributed by atoms with Crippen LogP contribution in [0.3, 0.4) is 0 Å². The first-order valence-electron chi connectivity index (χ1n) is 9.84. The van der Waals surface area contributed by atoms with Crippen molar-refractivity contribution in [1.82, 2.24) is 20.6 Å². The number of aromatic nitrogens is 2. The average Bonchev–Trinajstić information content (AvgIpc) is 2.83. The van der Waals surface area contributed by atoms with E-state index < -0.39 is 11.8 Å². The molecule has 31 heavy (non-hydrogen) atoms. The number of nitrogens with one attached hydrogen (secondary N) is 2. The Morgan fingerprint density at radius 1 is 0.774 bits per heavy atom. The first-order chi connectivity index (χ1) is 15.1. The van der Waals surface area contributed by atoms with Gasteiger partial charge < -0.3 is 0 Å². The molecular formula is C24H20N4O3. The van der Waals surface area contributed by atoms with Crippen LogP contribution in [0, 0.1) is 0 Å². The van der Waals surface area contributed by atoms with Gasteiger partial charge in [0.2, 0.25) is 0 Å². The number of rotatable bonds is 4. The number of carbonyl (C=O) groups excluding carboxylic acids is 2. The summed E-state index contributed by atoms with van der Waals surface area (Å²) in [7, 11) is 0. The first-order valence-corrected chi connectivity index (χ1v) is 9.84. The number of hydrazine groups is 1. The molecule has 7 nitrogen and oxygen atoms in total. The highest BCUT2D eigenvalue weighted by molar-refractivity contribution is 6.06. The third-order valence-corrected chi connectivity index (χ3v) is 4.93. The maximum absolute atomic E-state index is 12.7. The Bertz CT molecular complexity index is 1310. The van der Waals surface area contributed by atoms with Gasteiger partial charge in [-0.25, -0.2) is 4.68 Å². The molecule has 0 aliphatic rings. The van der Waals surface area contributed by atoms with Crippen LogP contribution in [-0.2, 0) is 6.54 Å². The molecule has 0 aliphatic heterocycles. The molecule has 2 amide bonds. The quantitative estimate of drug-likeness (QED) is 0.504. The van der Waals surface area contributed by atoms with Crippen molar-refractivity contribution in [1.29, 1.82) is 0 Å². The van der Waals surface area contributed by atoms with E-state index in [9.17, 15) is 14.4 Å². The lowest BCUT2D eigenvalue weighted by Gasteiger charge is -2.11. The fraction of sp³-hybridized carbons (Fsp3) is 0.0833. The second kappa shape index (κ2) is 8.62. The summed E-state index contributed by atoms with van der Waals surface area (Å²) in [5, 5.41) is 4.98. The highest BCUT2D eigenvalue weighted by Crippen LogP contribution is 2.19. The van der Waals surface area contributed by atoms with Crippen molar-refractivity contribution in [3.63, 3.8) is 0 Å². The number of aryl methyl sites for hydroxylation is 1. The summed E-state index contributed by atoms with van der Waals surface area (Å²) >= 11 is 0. The van der Waals surface area contributed by atoms with E-state index >= 15 is 0 Å². The van der Waals surface area contributed by atoms with Crippen molar-refractivity contribution >= 4 is 22.6 Å². The monoisotopic (exact) mass is 412 g/mol. The van der Waals surface area contributed by atoms with Crippen molar-refractivity contribution in [2.45, 2.75) is 13.5 Å². The second-order valence-corrected chi connectivity index (χ2v) is 6.87. The van der Waals surface area contributed by atoms with Crippen LogP contribution in [0.1, 0.15) is 27.8 Å². The van der Waals surface area contributed by atoms with Crippen LogP contribution in [0.25, 0.3) is 21.9 Å². The van der Waals surface area contributed by atoms with E-state index in [0.29, 0.717) is 22.9 Å². The Morgan fingerprint density at radius 3 is 2.03 bits per heavy atom. The Hall–Kier alpha value is -4.26. The molecule has 0 fully saturated rings. The summed E-state index contributed by atoms with van der Waals surface area (Å²) in [5.74, 6) is -1.06. The summed E-state index contributed by atoms with van der Waals surface area (Å²) < 4.78 is 1.22. The van der Waals surface area contributed by atoms with Crippen molar-refractivity contribution < 1.29 is 9.59 Å². The van der Waals surface area contributed by atoms with Crippen LogP contribution in [0.15, 0.2) is 83.7 Å². The molecule has 0 saturated carbocycles. The molecule has 0 aliphatic carbocycles. The van der Waals surface area contributed by atoms with E-state index in [1.54, 1.807) is 43.3 Å². The van der Waals surface area contributed by atoms with Gasteiger partial charge in [0.1, 0.15) is 0 Å². The van der Waals surface area contributed by atoms with E-state index in [2.05, 4.69) is 16.0 Å². The number of carbonyl (C=O) groups is 2. The van der Waals surface area contributed by atoms with Gasteiger partial charge in [0, 0.05) is 17.5 Å². The summed E-state index contributed by atoms with van der Waals surface area (Å²) in [4.78, 5) is 37.6. The van der Waals surface area contributed by atoms with Gasteiger partial charge in [-0.1, -0.05) is 60.7 Å². The topological polar surface area (TPSA) is 93.1 Å². The van der Waals surface area contributed by atoms with Crippen LogP contribution in [0.2, 0.25) is 0 Å². The Labute approximate surface area is 178 Å². The standard InChI is InChI=1S/C24H20N4O3/c1-2-28-24(31)20-11-7-6-10-19(20)21(27-28)23(30)26-25-22(29)18-14-12-17(13-15-18)16-8-4-3-5-9-16/h3-15H,2H2,1H3,(H,25,29)(H,26,30). The van der Waals surface area contributed by atoms with Crippen molar-refractivity contribution in [2.24, 2.45) is 0 Å². The molecule has 3 aromatic carbocycles. The van der Waals surface area contributed by atoms with E-state index in [4.69, 9.17) is 0 Å². The molecule has 0 bridgehead atoms. The van der Waals surface area contributed by atoms with Crippen LogP contribution in [-0.4, -0.2) is 21.6 Å². The number of nitrogens with zero attached hydrogens (tertiary/aromatic N) is 2. The van der Waals surface area contributed by atoms with Gasteiger partial charge in [0.25, 0.3) is 17.4 Å². The number of hydrogen-bond donors (Lipinski definition) is 2. The Balaban J connectivity index is 1.51. The molecule has 0 spiro atoms. The molecule has 0 radical (unpaired) electrons. The van der Waals surface area contributed by atoms with Gasteiger partial charge in [-0.05, 0) is 36.2 Å². The highest BCUT2D eigenvalue weighted by Gasteiger charge is 2.17. The van der Waals surface area contributed by atoms with E-state index in [1.807, 2.05) is 42.5 Å². The molecule has 1 heterocycles. The largest absolute Gasteiger partial charge is 0.290 e. The number of hydrogen-bond acceptors (Lipinski definition) is 4. The maximum Gasteiger partial charge on any atom is 0.290 e. The van der Waals surface area contributed by atoms with Crippen LogP contribution >= 0.6 is 0 Å². The Kier molecular flexibility index (Phi) is 5.57. The van der Waals surface area contributed by atoms with Gasteiger partial charge in [-0.15, -0.1) is 0 Å². The second-order valence-electron chi connectivity index (χ2n) is 6.87. The predicted molar refractivity (Wildman–Crippen MR) is 118 cm³/mol. The van der Waals surface area contributed by atoms with Crippen molar-refractivity contribution in [2.75, 3.05) is 0 Å². The van der Waals surface area contributed by atoms with Gasteiger partial charge in [0.15, 0.2) is 5.69 Å². The van der Waals surface area contributed by atoms with Crippen LogP contribution < -0.4 is 16.4 Å². The minimum absolute atomic E-state index is 0.0665. The van der Waals surface area contributed by atoms with Gasteiger partial charge in [0.05, 0.1) is 5.39 Å². The maximum atomic E-state index is 12.7. The molecule has 4 aromatic rings. The third-order valence-electron chi connectivity index (χ3n) is 4.93. The minimum atomic E-state index is -0.604. The SMILES string of the molecule is CCn1nc(C(=O)NNC(=O)c2ccc(-c3ccccc3)cc2)c2ccccc2c1=O. The molecule has 2 N–H and O–H groups in total. The fourth-order valence-corrected chi connectivity index (χ4v) is 3.31. The van der Waals surface area contributed by atoms with Gasteiger partial charge in [-0.2, -0.15) is 5.10 Å². The van der Waals surface area contributed by atoms with Crippen molar-refractivity contribution in [3.05, 3.63) is 100 Å². The highest BCUT2D eigenvalue weighted by atomic mass is 16.2. The lowest BCUT2D eigenvalue weighted by Crippen LogP contribution is -2.42. The van der Waals surface area contributed by atoms with E-state index in [-0.39, 0.29) is 11.3 Å². The van der Waals surface area contributed by atoms with Gasteiger partial charge >= 0.3 is 0 Å². The van der Waals surface area contributed by atoms with Crippen molar-refractivity contribution in [3.8, 4) is 11.1 Å². The molecular weight excluding hydrogens is 392 g/mol. The lowest BCUT2D eigenvalue weighted by atomic mass is 10.0. The van der Waals surface area contributed by atoms with Gasteiger partial charge in [-0.3, -0.25) is 25.2 Å². The zero-order valence-corrected chi connectivity index (χ0v) is 16.8. The first kappa shape index (κ1) is 20.0. The molecule has 154 valence electrons. The third kappa shape index (κ3) is 4.06.